The molecule has 1 aromatic rings. The number of thioether (sulfide) groups is 1. The van der Waals surface area contributed by atoms with Gasteiger partial charge in [-0.25, -0.2) is 4.79 Å². The van der Waals surface area contributed by atoms with E-state index < -0.39 is 6.09 Å². The summed E-state index contributed by atoms with van der Waals surface area (Å²) in [5.74, 6) is 0. The second-order valence-electron chi connectivity index (χ2n) is 5.24. The number of carbonyl (C=O) groups excluding carboxylic acids is 1. The number of hydrogen-bond donors (Lipinski definition) is 0. The minimum absolute atomic E-state index is 0.250. The number of amides is 1. The van der Waals surface area contributed by atoms with Gasteiger partial charge in [0.1, 0.15) is 0 Å². The molecule has 0 spiro atoms. The number of unbranched alkanes of at least 4 members (excludes halogenated alkanes) is 3. The SMILES string of the molecule is CCCCCCC1=NC(=O)OCCC1Sc1ccccc1. The van der Waals surface area contributed by atoms with Crippen molar-refractivity contribution in [1.29, 1.82) is 0 Å². The number of aliphatic imine (C=N–C) groups is 1. The third-order valence-corrected chi connectivity index (χ3v) is 4.86. The Morgan fingerprint density at radius 3 is 2.81 bits per heavy atom. The molecular weight excluding hydrogens is 282 g/mol. The summed E-state index contributed by atoms with van der Waals surface area (Å²) < 4.78 is 5.09. The summed E-state index contributed by atoms with van der Waals surface area (Å²) in [4.78, 5) is 17.0. The van der Waals surface area contributed by atoms with Gasteiger partial charge in [0.15, 0.2) is 0 Å². The molecule has 1 aliphatic heterocycles. The fraction of sp³-hybridized carbons (Fsp3) is 0.529. The molecule has 114 valence electrons. The van der Waals surface area contributed by atoms with Gasteiger partial charge in [-0.2, -0.15) is 4.99 Å². The van der Waals surface area contributed by atoms with Crippen LogP contribution in [0.25, 0.3) is 0 Å². The summed E-state index contributed by atoms with van der Waals surface area (Å²) in [5, 5.41) is 0.250. The summed E-state index contributed by atoms with van der Waals surface area (Å²) in [6.07, 6.45) is 6.10. The summed E-state index contributed by atoms with van der Waals surface area (Å²) >= 11 is 1.79. The summed E-state index contributed by atoms with van der Waals surface area (Å²) in [6.45, 7) is 2.67. The molecule has 0 aliphatic carbocycles. The third kappa shape index (κ3) is 5.54. The number of benzene rings is 1. The van der Waals surface area contributed by atoms with Crippen molar-refractivity contribution in [1.82, 2.24) is 0 Å². The lowest BCUT2D eigenvalue weighted by atomic mass is 10.1. The van der Waals surface area contributed by atoms with Gasteiger partial charge in [-0.3, -0.25) is 0 Å². The van der Waals surface area contributed by atoms with E-state index in [0.717, 1.165) is 25.0 Å². The van der Waals surface area contributed by atoms with Crippen molar-refractivity contribution in [3.05, 3.63) is 30.3 Å². The van der Waals surface area contributed by atoms with Crippen LogP contribution < -0.4 is 0 Å². The molecule has 2 rings (SSSR count). The molecule has 1 amide bonds. The first-order valence-corrected chi connectivity index (χ1v) is 8.63. The molecule has 1 unspecified atom stereocenters. The smallest absolute Gasteiger partial charge is 0.433 e. The second kappa shape index (κ2) is 8.88. The van der Waals surface area contributed by atoms with Crippen LogP contribution in [0.2, 0.25) is 0 Å². The highest BCUT2D eigenvalue weighted by molar-refractivity contribution is 8.00. The fourth-order valence-electron chi connectivity index (χ4n) is 2.38. The Hall–Kier alpha value is -1.29. The fourth-order valence-corrected chi connectivity index (χ4v) is 3.54. The largest absolute Gasteiger partial charge is 0.448 e. The van der Waals surface area contributed by atoms with Gasteiger partial charge in [0.2, 0.25) is 0 Å². The van der Waals surface area contributed by atoms with Crippen LogP contribution in [-0.2, 0) is 4.74 Å². The van der Waals surface area contributed by atoms with E-state index in [9.17, 15) is 4.79 Å². The van der Waals surface area contributed by atoms with Gasteiger partial charge in [-0.05, 0) is 31.4 Å². The molecule has 1 aliphatic rings. The van der Waals surface area contributed by atoms with Crippen molar-refractivity contribution < 1.29 is 9.53 Å². The Morgan fingerprint density at radius 1 is 1.24 bits per heavy atom. The summed E-state index contributed by atoms with van der Waals surface area (Å²) in [5.41, 5.74) is 1.00. The van der Waals surface area contributed by atoms with Gasteiger partial charge in [-0.1, -0.05) is 44.4 Å². The first kappa shape index (κ1) is 16.1. The lowest BCUT2D eigenvalue weighted by Crippen LogP contribution is -2.17. The van der Waals surface area contributed by atoms with E-state index in [1.54, 1.807) is 11.8 Å². The Bertz CT molecular complexity index is 473. The standard InChI is InChI=1S/C17H23NO2S/c1-2-3-4-8-11-15-16(12-13-20-17(19)18-15)21-14-9-6-5-7-10-14/h5-7,9-10,16H,2-4,8,11-13H2,1H3. The predicted molar refractivity (Wildman–Crippen MR) is 88.2 cm³/mol. The number of hydrogen-bond acceptors (Lipinski definition) is 3. The highest BCUT2D eigenvalue weighted by Gasteiger charge is 2.22. The molecule has 0 saturated carbocycles. The number of carbonyl (C=O) groups is 1. The molecule has 4 heteroatoms. The molecule has 3 nitrogen and oxygen atoms in total. The number of ether oxygens (including phenoxy) is 1. The minimum atomic E-state index is -0.420. The van der Waals surface area contributed by atoms with Crippen molar-refractivity contribution >= 4 is 23.6 Å². The topological polar surface area (TPSA) is 38.7 Å². The normalized spacial score (nSPS) is 18.8. The Labute approximate surface area is 131 Å². The zero-order valence-electron chi connectivity index (χ0n) is 12.6. The van der Waals surface area contributed by atoms with Crippen LogP contribution in [-0.4, -0.2) is 23.7 Å². The summed E-state index contributed by atoms with van der Waals surface area (Å²) in [6, 6.07) is 10.3. The first-order chi connectivity index (χ1) is 10.3. The van der Waals surface area contributed by atoms with Crippen LogP contribution in [0.4, 0.5) is 4.79 Å². The van der Waals surface area contributed by atoms with Gasteiger partial charge in [0, 0.05) is 10.6 Å². The lowest BCUT2D eigenvalue weighted by molar-refractivity contribution is 0.159. The third-order valence-electron chi connectivity index (χ3n) is 3.52. The molecule has 1 atom stereocenters. The number of rotatable bonds is 7. The van der Waals surface area contributed by atoms with Gasteiger partial charge >= 0.3 is 6.09 Å². The number of nitrogens with zero attached hydrogens (tertiary/aromatic N) is 1. The van der Waals surface area contributed by atoms with Crippen LogP contribution >= 0.6 is 11.8 Å². The van der Waals surface area contributed by atoms with E-state index in [4.69, 9.17) is 4.74 Å². The Morgan fingerprint density at radius 2 is 2.05 bits per heavy atom. The summed E-state index contributed by atoms with van der Waals surface area (Å²) in [7, 11) is 0. The van der Waals surface area contributed by atoms with Gasteiger partial charge in [0.25, 0.3) is 0 Å². The van der Waals surface area contributed by atoms with Crippen LogP contribution in [0.3, 0.4) is 0 Å². The van der Waals surface area contributed by atoms with Crippen molar-refractivity contribution in [2.75, 3.05) is 6.61 Å². The maximum atomic E-state index is 11.6. The van der Waals surface area contributed by atoms with Crippen molar-refractivity contribution in [2.45, 2.75) is 55.6 Å². The zero-order chi connectivity index (χ0) is 14.9. The van der Waals surface area contributed by atoms with Crippen LogP contribution in [0.15, 0.2) is 40.2 Å². The zero-order valence-corrected chi connectivity index (χ0v) is 13.4. The quantitative estimate of drug-likeness (QED) is 0.658. The Kier molecular flexibility index (Phi) is 6.80. The monoisotopic (exact) mass is 305 g/mol. The van der Waals surface area contributed by atoms with Crippen molar-refractivity contribution in [3.8, 4) is 0 Å². The van der Waals surface area contributed by atoms with Gasteiger partial charge in [0.05, 0.1) is 11.9 Å². The second-order valence-corrected chi connectivity index (χ2v) is 6.51. The van der Waals surface area contributed by atoms with Gasteiger partial charge < -0.3 is 4.74 Å². The predicted octanol–water partition coefficient (Wildman–Crippen LogP) is 5.10. The molecule has 0 radical (unpaired) electrons. The average Bonchev–Trinajstić information content (AvgIpc) is 2.67. The molecule has 0 saturated heterocycles. The highest BCUT2D eigenvalue weighted by atomic mass is 32.2. The molecule has 0 aromatic heterocycles. The van der Waals surface area contributed by atoms with Crippen LogP contribution in [0.5, 0.6) is 0 Å². The maximum absolute atomic E-state index is 11.6. The van der Waals surface area contributed by atoms with E-state index >= 15 is 0 Å². The molecule has 0 N–H and O–H groups in total. The molecule has 21 heavy (non-hydrogen) atoms. The minimum Gasteiger partial charge on any atom is -0.448 e. The lowest BCUT2D eigenvalue weighted by Gasteiger charge is -2.16. The molecule has 0 bridgehead atoms. The van der Waals surface area contributed by atoms with E-state index in [2.05, 4.69) is 24.0 Å². The molecule has 1 aromatic carbocycles. The van der Waals surface area contributed by atoms with E-state index in [1.807, 2.05) is 18.2 Å². The van der Waals surface area contributed by atoms with E-state index in [1.165, 1.54) is 24.2 Å². The maximum Gasteiger partial charge on any atom is 0.433 e. The Balaban J connectivity index is 2.00. The van der Waals surface area contributed by atoms with Crippen LogP contribution in [0.1, 0.15) is 45.4 Å². The van der Waals surface area contributed by atoms with Gasteiger partial charge in [-0.15, -0.1) is 11.8 Å². The molecular formula is C17H23NO2S. The first-order valence-electron chi connectivity index (χ1n) is 7.75. The number of cyclic esters (lactones) is 1. The molecule has 1 heterocycles. The average molecular weight is 305 g/mol. The van der Waals surface area contributed by atoms with E-state index in [0.29, 0.717) is 6.61 Å². The molecule has 0 fully saturated rings. The van der Waals surface area contributed by atoms with Crippen molar-refractivity contribution in [3.63, 3.8) is 0 Å². The van der Waals surface area contributed by atoms with Crippen LogP contribution in [0, 0.1) is 0 Å². The highest BCUT2D eigenvalue weighted by Crippen LogP contribution is 2.29. The van der Waals surface area contributed by atoms with E-state index in [-0.39, 0.29) is 5.25 Å². The van der Waals surface area contributed by atoms with Crippen molar-refractivity contribution in [2.24, 2.45) is 4.99 Å².